The second-order valence-corrected chi connectivity index (χ2v) is 3.98. The Balaban J connectivity index is 3.28. The summed E-state index contributed by atoms with van der Waals surface area (Å²) < 4.78 is 0.562. The van der Waals surface area contributed by atoms with Crippen molar-refractivity contribution >= 4 is 28.3 Å². The molecule has 1 radical (unpaired) electrons. The second-order valence-electron chi connectivity index (χ2n) is 2.81. The van der Waals surface area contributed by atoms with Gasteiger partial charge in [0, 0.05) is 11.5 Å². The molecule has 14 heavy (non-hydrogen) atoms. The molecule has 1 aromatic carbocycles. The summed E-state index contributed by atoms with van der Waals surface area (Å²) in [7, 11) is 0. The third kappa shape index (κ3) is 2.21. The molecule has 1 N–H and O–H groups in total. The molecule has 0 heterocycles. The summed E-state index contributed by atoms with van der Waals surface area (Å²) in [5.41, 5.74) is 0.520. The molecule has 0 aliphatic heterocycles. The van der Waals surface area contributed by atoms with Crippen molar-refractivity contribution in [3.8, 4) is 0 Å². The number of aliphatic hydroxyl groups is 1. The molecule has 75 valence electrons. The molecule has 0 saturated heterocycles. The van der Waals surface area contributed by atoms with Crippen LogP contribution in [0.15, 0.2) is 18.2 Å². The van der Waals surface area contributed by atoms with Crippen molar-refractivity contribution in [1.82, 2.24) is 0 Å². The molecule has 0 amide bonds. The van der Waals surface area contributed by atoms with E-state index in [2.05, 4.69) is 6.92 Å². The standard InChI is InChI=1S/C9H9INO3/c1-6(5-12)7-3-2-4-8(10)9(7)11(13)14/h2-4,6,12H,1,5H2. The van der Waals surface area contributed by atoms with Gasteiger partial charge in [0.1, 0.15) is 0 Å². The number of halogens is 1. The SMILES string of the molecule is [CH2]C(CO)c1cccc(I)c1[N+](=O)[O-]. The summed E-state index contributed by atoms with van der Waals surface area (Å²) >= 11 is 1.90. The van der Waals surface area contributed by atoms with Crippen LogP contribution < -0.4 is 0 Å². The molecule has 5 heteroatoms. The van der Waals surface area contributed by atoms with E-state index in [1.165, 1.54) is 0 Å². The number of nitro benzene ring substituents is 1. The average molecular weight is 306 g/mol. The normalized spacial score (nSPS) is 12.5. The summed E-state index contributed by atoms with van der Waals surface area (Å²) in [6.07, 6.45) is 0. The summed E-state index contributed by atoms with van der Waals surface area (Å²) in [6, 6.07) is 5.00. The van der Waals surface area contributed by atoms with Crippen LogP contribution in [0.25, 0.3) is 0 Å². The first-order chi connectivity index (χ1) is 6.57. The molecule has 1 unspecified atom stereocenters. The van der Waals surface area contributed by atoms with Gasteiger partial charge in [-0.15, -0.1) is 0 Å². The van der Waals surface area contributed by atoms with Gasteiger partial charge in [-0.05, 0) is 35.6 Å². The van der Waals surface area contributed by atoms with Crippen molar-refractivity contribution < 1.29 is 10.0 Å². The lowest BCUT2D eigenvalue weighted by Gasteiger charge is -2.09. The Morgan fingerprint density at radius 3 is 2.79 bits per heavy atom. The van der Waals surface area contributed by atoms with Crippen LogP contribution in [0.4, 0.5) is 5.69 Å². The maximum atomic E-state index is 10.8. The largest absolute Gasteiger partial charge is 0.396 e. The fourth-order valence-electron chi connectivity index (χ4n) is 1.15. The summed E-state index contributed by atoms with van der Waals surface area (Å²) in [5, 5.41) is 19.7. The minimum absolute atomic E-state index is 0.0437. The molecular weight excluding hydrogens is 297 g/mol. The topological polar surface area (TPSA) is 63.4 Å². The highest BCUT2D eigenvalue weighted by atomic mass is 127. The maximum Gasteiger partial charge on any atom is 0.286 e. The predicted molar refractivity (Wildman–Crippen MR) is 61.0 cm³/mol. The van der Waals surface area contributed by atoms with E-state index in [0.717, 1.165) is 0 Å². The van der Waals surface area contributed by atoms with Gasteiger partial charge in [0.15, 0.2) is 0 Å². The second kappa shape index (κ2) is 4.70. The zero-order chi connectivity index (χ0) is 10.7. The number of para-hydroxylation sites is 1. The number of nitrogens with zero attached hydrogens (tertiary/aromatic N) is 1. The molecule has 1 rings (SSSR count). The van der Waals surface area contributed by atoms with Gasteiger partial charge in [-0.2, -0.15) is 0 Å². The Labute approximate surface area is 95.2 Å². The maximum absolute atomic E-state index is 10.8. The van der Waals surface area contributed by atoms with Crippen LogP contribution in [-0.2, 0) is 0 Å². The number of rotatable bonds is 3. The van der Waals surface area contributed by atoms with Gasteiger partial charge in [-0.25, -0.2) is 0 Å². The van der Waals surface area contributed by atoms with Gasteiger partial charge in [-0.1, -0.05) is 12.1 Å². The first kappa shape index (κ1) is 11.4. The first-order valence-corrected chi connectivity index (χ1v) is 5.02. The molecule has 1 atom stereocenters. The fraction of sp³-hybridized carbons (Fsp3) is 0.222. The van der Waals surface area contributed by atoms with Gasteiger partial charge in [0.2, 0.25) is 0 Å². The van der Waals surface area contributed by atoms with Gasteiger partial charge < -0.3 is 5.11 Å². The Morgan fingerprint density at radius 1 is 1.64 bits per heavy atom. The molecule has 0 saturated carbocycles. The number of hydrogen-bond acceptors (Lipinski definition) is 3. The minimum Gasteiger partial charge on any atom is -0.396 e. The molecule has 0 bridgehead atoms. The van der Waals surface area contributed by atoms with E-state index in [-0.39, 0.29) is 12.3 Å². The van der Waals surface area contributed by atoms with Gasteiger partial charge in [0.25, 0.3) is 5.69 Å². The lowest BCUT2D eigenvalue weighted by Crippen LogP contribution is -2.05. The number of nitro groups is 1. The van der Waals surface area contributed by atoms with E-state index in [1.54, 1.807) is 18.2 Å². The van der Waals surface area contributed by atoms with Crippen molar-refractivity contribution in [3.63, 3.8) is 0 Å². The van der Waals surface area contributed by atoms with Crippen LogP contribution in [0.1, 0.15) is 11.5 Å². The summed E-state index contributed by atoms with van der Waals surface area (Å²) in [6.45, 7) is 3.46. The number of benzene rings is 1. The molecular formula is C9H9INO3. The minimum atomic E-state index is -0.454. The van der Waals surface area contributed by atoms with E-state index in [0.29, 0.717) is 9.13 Å². The zero-order valence-electron chi connectivity index (χ0n) is 7.31. The molecule has 0 aliphatic carbocycles. The highest BCUT2D eigenvalue weighted by Gasteiger charge is 2.21. The molecule has 0 aliphatic rings. The van der Waals surface area contributed by atoms with Crippen LogP contribution >= 0.6 is 22.6 Å². The van der Waals surface area contributed by atoms with E-state index in [9.17, 15) is 10.1 Å². The molecule has 0 aromatic heterocycles. The summed E-state index contributed by atoms with van der Waals surface area (Å²) in [5.74, 6) is -0.454. The number of aliphatic hydroxyl groups excluding tert-OH is 1. The fourth-order valence-corrected chi connectivity index (χ4v) is 1.87. The highest BCUT2D eigenvalue weighted by molar-refractivity contribution is 14.1. The highest BCUT2D eigenvalue weighted by Crippen LogP contribution is 2.30. The molecule has 4 nitrogen and oxygen atoms in total. The first-order valence-electron chi connectivity index (χ1n) is 3.94. The van der Waals surface area contributed by atoms with Gasteiger partial charge >= 0.3 is 0 Å². The lowest BCUT2D eigenvalue weighted by molar-refractivity contribution is -0.386. The molecule has 1 aromatic rings. The molecule has 0 fully saturated rings. The Bertz CT molecular complexity index is 354. The lowest BCUT2D eigenvalue weighted by atomic mass is 10.0. The van der Waals surface area contributed by atoms with Crippen LogP contribution in [0.2, 0.25) is 0 Å². The summed E-state index contributed by atoms with van der Waals surface area (Å²) in [4.78, 5) is 10.3. The third-order valence-electron chi connectivity index (χ3n) is 1.86. The van der Waals surface area contributed by atoms with Gasteiger partial charge in [0.05, 0.1) is 15.1 Å². The Kier molecular flexibility index (Phi) is 3.82. The van der Waals surface area contributed by atoms with Crippen LogP contribution in [-0.4, -0.2) is 16.6 Å². The predicted octanol–water partition coefficient (Wildman–Crippen LogP) is 2.11. The van der Waals surface area contributed by atoms with E-state index >= 15 is 0 Å². The Hall–Kier alpha value is -0.690. The van der Waals surface area contributed by atoms with E-state index in [1.807, 2.05) is 22.6 Å². The monoisotopic (exact) mass is 306 g/mol. The van der Waals surface area contributed by atoms with E-state index in [4.69, 9.17) is 5.11 Å². The van der Waals surface area contributed by atoms with Crippen molar-refractivity contribution in [1.29, 1.82) is 0 Å². The third-order valence-corrected chi connectivity index (χ3v) is 2.73. The van der Waals surface area contributed by atoms with Crippen LogP contribution in [0, 0.1) is 20.6 Å². The average Bonchev–Trinajstić information content (AvgIpc) is 2.15. The van der Waals surface area contributed by atoms with Gasteiger partial charge in [-0.3, -0.25) is 10.1 Å². The zero-order valence-corrected chi connectivity index (χ0v) is 9.47. The van der Waals surface area contributed by atoms with E-state index < -0.39 is 10.8 Å². The van der Waals surface area contributed by atoms with Crippen LogP contribution in [0.3, 0.4) is 0 Å². The van der Waals surface area contributed by atoms with Crippen molar-refractivity contribution in [3.05, 3.63) is 44.4 Å². The van der Waals surface area contributed by atoms with Crippen molar-refractivity contribution in [2.75, 3.05) is 6.61 Å². The smallest absolute Gasteiger partial charge is 0.286 e. The van der Waals surface area contributed by atoms with Crippen LogP contribution in [0.5, 0.6) is 0 Å². The van der Waals surface area contributed by atoms with Crippen molar-refractivity contribution in [2.45, 2.75) is 5.92 Å². The van der Waals surface area contributed by atoms with Crippen molar-refractivity contribution in [2.24, 2.45) is 0 Å². The molecule has 0 spiro atoms. The quantitative estimate of drug-likeness (QED) is 0.528. The number of hydrogen-bond donors (Lipinski definition) is 1. The Morgan fingerprint density at radius 2 is 2.29 bits per heavy atom.